The smallest absolute Gasteiger partial charge is 0.276 e. The van der Waals surface area contributed by atoms with E-state index in [1.807, 2.05) is 0 Å². The summed E-state index contributed by atoms with van der Waals surface area (Å²) in [6.45, 7) is 0.705. The molecule has 2 atom stereocenters. The highest BCUT2D eigenvalue weighted by atomic mass is 32.2. The van der Waals surface area contributed by atoms with Gasteiger partial charge in [0.05, 0.1) is 18.2 Å². The Morgan fingerprint density at radius 2 is 2.00 bits per heavy atom. The molecule has 2 fully saturated rings. The van der Waals surface area contributed by atoms with E-state index in [4.69, 9.17) is 4.74 Å². The minimum atomic E-state index is -3.65. The molecule has 1 aromatic heterocycles. The maximum absolute atomic E-state index is 13.2. The van der Waals surface area contributed by atoms with E-state index in [0.717, 1.165) is 12.8 Å². The molecule has 2 bridgehead atoms. The van der Waals surface area contributed by atoms with Crippen molar-refractivity contribution in [3.05, 3.63) is 36.2 Å². The van der Waals surface area contributed by atoms with Gasteiger partial charge in [-0.15, -0.1) is 0 Å². The van der Waals surface area contributed by atoms with Crippen LogP contribution in [0.3, 0.4) is 0 Å². The zero-order valence-corrected chi connectivity index (χ0v) is 15.0. The molecule has 0 saturated carbocycles. The number of piperazine rings is 1. The van der Waals surface area contributed by atoms with Gasteiger partial charge in [-0.05, 0) is 25.0 Å². The second-order valence-corrected chi connectivity index (χ2v) is 8.31. The Kier molecular flexibility index (Phi) is 4.16. The molecule has 26 heavy (non-hydrogen) atoms. The van der Waals surface area contributed by atoms with Gasteiger partial charge >= 0.3 is 0 Å². The number of fused-ring (bicyclic) bond motifs is 2. The van der Waals surface area contributed by atoms with Crippen molar-refractivity contribution in [2.45, 2.75) is 29.8 Å². The Hall–Kier alpha value is -2.46. The Labute approximate surface area is 151 Å². The van der Waals surface area contributed by atoms with Crippen molar-refractivity contribution in [1.82, 2.24) is 24.6 Å². The molecule has 4 rings (SSSR count). The Morgan fingerprint density at radius 1 is 1.27 bits per heavy atom. The zero-order chi connectivity index (χ0) is 18.3. The molecule has 3 heterocycles. The van der Waals surface area contributed by atoms with E-state index in [9.17, 15) is 13.2 Å². The molecule has 9 nitrogen and oxygen atoms in total. The van der Waals surface area contributed by atoms with Crippen molar-refractivity contribution >= 4 is 15.9 Å². The van der Waals surface area contributed by atoms with Crippen LogP contribution >= 0.6 is 0 Å². The van der Waals surface area contributed by atoms with Crippen molar-refractivity contribution in [3.63, 3.8) is 0 Å². The van der Waals surface area contributed by atoms with E-state index in [0.29, 0.717) is 18.8 Å². The molecule has 1 N–H and O–H groups in total. The van der Waals surface area contributed by atoms with Crippen molar-refractivity contribution < 1.29 is 17.9 Å². The number of aromatic amines is 1. The lowest BCUT2D eigenvalue weighted by molar-refractivity contribution is 0.0609. The fourth-order valence-corrected chi connectivity index (χ4v) is 5.66. The van der Waals surface area contributed by atoms with Crippen LogP contribution in [-0.2, 0) is 10.0 Å². The van der Waals surface area contributed by atoms with Crippen LogP contribution in [0, 0.1) is 0 Å². The fraction of sp³-hybridized carbons (Fsp3) is 0.438. The van der Waals surface area contributed by atoms with Crippen LogP contribution in [0.15, 0.2) is 35.4 Å². The summed E-state index contributed by atoms with van der Waals surface area (Å²) in [5.41, 5.74) is 0.244. The first-order chi connectivity index (χ1) is 12.5. The molecule has 10 heteroatoms. The number of sulfonamides is 1. The van der Waals surface area contributed by atoms with Crippen molar-refractivity contribution in [2.24, 2.45) is 0 Å². The lowest BCUT2D eigenvalue weighted by Crippen LogP contribution is -2.57. The highest BCUT2D eigenvalue weighted by Crippen LogP contribution is 2.36. The Morgan fingerprint density at radius 3 is 2.62 bits per heavy atom. The molecular weight excluding hydrogens is 358 g/mol. The van der Waals surface area contributed by atoms with Gasteiger partial charge in [0.15, 0.2) is 5.69 Å². The molecule has 138 valence electrons. The number of hydrogen-bond donors (Lipinski definition) is 1. The third-order valence-electron chi connectivity index (χ3n) is 4.95. The molecule has 0 aliphatic carbocycles. The number of amides is 1. The van der Waals surface area contributed by atoms with Crippen molar-refractivity contribution in [1.29, 1.82) is 0 Å². The van der Waals surface area contributed by atoms with Gasteiger partial charge in [-0.1, -0.05) is 6.07 Å². The quantitative estimate of drug-likeness (QED) is 0.831. The predicted octanol–water partition coefficient (Wildman–Crippen LogP) is 0.491. The summed E-state index contributed by atoms with van der Waals surface area (Å²) in [4.78, 5) is 14.4. The summed E-state index contributed by atoms with van der Waals surface area (Å²) in [6.07, 6.45) is 2.84. The summed E-state index contributed by atoms with van der Waals surface area (Å²) in [5, 5.41) is 9.91. The van der Waals surface area contributed by atoms with Crippen molar-refractivity contribution in [3.8, 4) is 5.75 Å². The highest BCUT2D eigenvalue weighted by molar-refractivity contribution is 7.89. The van der Waals surface area contributed by atoms with E-state index in [2.05, 4.69) is 15.4 Å². The highest BCUT2D eigenvalue weighted by Gasteiger charge is 2.48. The monoisotopic (exact) mass is 377 g/mol. The lowest BCUT2D eigenvalue weighted by atomic mass is 10.2. The molecule has 0 radical (unpaired) electrons. The van der Waals surface area contributed by atoms with Crippen LogP contribution in [0.25, 0.3) is 0 Å². The number of likely N-dealkylation sites (tertiary alicyclic amines) is 1. The first-order valence-corrected chi connectivity index (χ1v) is 9.77. The number of H-pyrrole nitrogens is 1. The molecule has 2 saturated heterocycles. The van der Waals surface area contributed by atoms with E-state index in [-0.39, 0.29) is 28.6 Å². The lowest BCUT2D eigenvalue weighted by Gasteiger charge is -2.39. The van der Waals surface area contributed by atoms with Gasteiger partial charge in [-0.2, -0.15) is 19.7 Å². The minimum Gasteiger partial charge on any atom is -0.497 e. The number of rotatable bonds is 4. The summed E-state index contributed by atoms with van der Waals surface area (Å²) in [6, 6.07) is 6.01. The number of nitrogens with one attached hydrogen (secondary N) is 1. The largest absolute Gasteiger partial charge is 0.497 e. The normalized spacial score (nSPS) is 23.2. The number of hydrogen-bond acceptors (Lipinski definition) is 6. The Bertz CT molecular complexity index is 900. The van der Waals surface area contributed by atoms with Crippen LogP contribution in [0.4, 0.5) is 0 Å². The van der Waals surface area contributed by atoms with Gasteiger partial charge in [0.25, 0.3) is 5.91 Å². The summed E-state index contributed by atoms with van der Waals surface area (Å²) in [7, 11) is -2.15. The maximum atomic E-state index is 13.2. The van der Waals surface area contributed by atoms with Gasteiger partial charge in [0.2, 0.25) is 10.0 Å². The number of carbonyl (C=O) groups excluding carboxylic acids is 1. The van der Waals surface area contributed by atoms with Gasteiger partial charge in [-0.3, -0.25) is 4.79 Å². The summed E-state index contributed by atoms with van der Waals surface area (Å²) in [5.74, 6) is 0.271. The van der Waals surface area contributed by atoms with Crippen LogP contribution in [0.5, 0.6) is 5.75 Å². The number of methoxy groups -OCH3 is 1. The minimum absolute atomic E-state index is 0.213. The topological polar surface area (TPSA) is 108 Å². The molecule has 2 aliphatic heterocycles. The molecular formula is C16H19N5O4S. The summed E-state index contributed by atoms with van der Waals surface area (Å²) < 4.78 is 33.0. The second-order valence-electron chi connectivity index (χ2n) is 6.46. The maximum Gasteiger partial charge on any atom is 0.276 e. The van der Waals surface area contributed by atoms with Gasteiger partial charge < -0.3 is 9.64 Å². The molecule has 1 amide bonds. The van der Waals surface area contributed by atoms with Crippen LogP contribution in [0.2, 0.25) is 0 Å². The predicted molar refractivity (Wildman–Crippen MR) is 91.1 cm³/mol. The van der Waals surface area contributed by atoms with Crippen molar-refractivity contribution in [2.75, 3.05) is 20.2 Å². The van der Waals surface area contributed by atoms with Crippen LogP contribution in [0.1, 0.15) is 23.3 Å². The molecule has 1 aromatic carbocycles. The second kappa shape index (κ2) is 6.36. The SMILES string of the molecule is COc1cccc(S(=O)(=O)N2C3CCC2CN(C(=O)c2cn[nH]n2)C3)c1. The third kappa shape index (κ3) is 2.74. The van der Waals surface area contributed by atoms with Crippen LogP contribution in [-0.4, -0.2) is 71.2 Å². The summed E-state index contributed by atoms with van der Waals surface area (Å²) >= 11 is 0. The molecule has 2 unspecified atom stereocenters. The van der Waals surface area contributed by atoms with E-state index < -0.39 is 10.0 Å². The van der Waals surface area contributed by atoms with E-state index >= 15 is 0 Å². The van der Waals surface area contributed by atoms with E-state index in [1.165, 1.54) is 19.4 Å². The standard InChI is InChI=1S/C16H19N5O4S/c1-25-13-3-2-4-14(7-13)26(23,24)21-11-5-6-12(21)10-20(9-11)16(22)15-8-17-19-18-15/h2-4,7-8,11-12H,5-6,9-10H2,1H3,(H,17,18,19). The Balaban J connectivity index is 1.59. The number of aromatic nitrogens is 3. The molecule has 2 aromatic rings. The average molecular weight is 377 g/mol. The first-order valence-electron chi connectivity index (χ1n) is 8.33. The fourth-order valence-electron chi connectivity index (χ4n) is 3.77. The zero-order valence-electron chi connectivity index (χ0n) is 14.2. The third-order valence-corrected chi connectivity index (χ3v) is 6.95. The van der Waals surface area contributed by atoms with Gasteiger partial charge in [0, 0.05) is 31.2 Å². The van der Waals surface area contributed by atoms with Crippen LogP contribution < -0.4 is 4.74 Å². The number of carbonyl (C=O) groups is 1. The molecule has 2 aliphatic rings. The van der Waals surface area contributed by atoms with E-state index in [1.54, 1.807) is 27.4 Å². The van der Waals surface area contributed by atoms with Gasteiger partial charge in [0.1, 0.15) is 5.75 Å². The number of nitrogens with zero attached hydrogens (tertiary/aromatic N) is 4. The van der Waals surface area contributed by atoms with Gasteiger partial charge in [-0.25, -0.2) is 8.42 Å². The molecule has 0 spiro atoms. The average Bonchev–Trinajstić information content (AvgIpc) is 3.28. The first kappa shape index (κ1) is 17.0. The number of benzene rings is 1. The number of ether oxygens (including phenoxy) is 1.